The molecule has 1 aromatic carbocycles. The zero-order valence-electron chi connectivity index (χ0n) is 17.1. The molecule has 158 valence electrons. The second-order valence-electron chi connectivity index (χ2n) is 7.72. The Labute approximate surface area is 170 Å². The molecule has 3 rings (SSSR count). The number of halogens is 1. The van der Waals surface area contributed by atoms with Gasteiger partial charge in [-0.15, -0.1) is 0 Å². The first-order valence-corrected chi connectivity index (χ1v) is 10.1. The molecule has 0 unspecified atom stereocenters. The Morgan fingerprint density at radius 2 is 2.07 bits per heavy atom. The molecule has 0 spiro atoms. The highest BCUT2D eigenvalue weighted by Gasteiger charge is 2.27. The Kier molecular flexibility index (Phi) is 7.22. The summed E-state index contributed by atoms with van der Waals surface area (Å²) in [5.41, 5.74) is 2.07. The quantitative estimate of drug-likeness (QED) is 0.599. The number of aliphatic hydroxyl groups is 1. The summed E-state index contributed by atoms with van der Waals surface area (Å²) in [7, 11) is 1.78. The molecule has 2 heterocycles. The molecule has 7 nitrogen and oxygen atoms in total. The number of likely N-dealkylation sites (tertiary alicyclic amines) is 1. The van der Waals surface area contributed by atoms with Crippen molar-refractivity contribution in [2.24, 2.45) is 13.0 Å². The lowest BCUT2D eigenvalue weighted by Gasteiger charge is -2.40. The molecule has 1 aliphatic rings. The van der Waals surface area contributed by atoms with Crippen LogP contribution in [0.1, 0.15) is 24.6 Å². The summed E-state index contributed by atoms with van der Waals surface area (Å²) in [5.74, 6) is 0.995. The van der Waals surface area contributed by atoms with E-state index in [4.69, 9.17) is 0 Å². The molecule has 0 radical (unpaired) electrons. The molecule has 0 bridgehead atoms. The van der Waals surface area contributed by atoms with Crippen molar-refractivity contribution in [1.29, 1.82) is 0 Å². The molecule has 1 aromatic heterocycles. The number of anilines is 1. The average molecular weight is 404 g/mol. The van der Waals surface area contributed by atoms with Gasteiger partial charge >= 0.3 is 6.03 Å². The van der Waals surface area contributed by atoms with Crippen molar-refractivity contribution in [3.05, 3.63) is 47.4 Å². The number of urea groups is 1. The minimum Gasteiger partial charge on any atom is -0.394 e. The van der Waals surface area contributed by atoms with Crippen LogP contribution in [0.15, 0.2) is 30.3 Å². The maximum atomic E-state index is 13.0. The highest BCUT2D eigenvalue weighted by Crippen LogP contribution is 2.21. The van der Waals surface area contributed by atoms with Crippen molar-refractivity contribution in [2.45, 2.75) is 32.2 Å². The van der Waals surface area contributed by atoms with Crippen LogP contribution in [-0.2, 0) is 19.9 Å². The molecule has 2 amide bonds. The summed E-state index contributed by atoms with van der Waals surface area (Å²) in [6.45, 7) is 4.68. The van der Waals surface area contributed by atoms with Gasteiger partial charge < -0.3 is 15.3 Å². The molecule has 0 saturated carbocycles. The summed E-state index contributed by atoms with van der Waals surface area (Å²) in [4.78, 5) is 14.5. The number of rotatable bonds is 9. The van der Waals surface area contributed by atoms with Crippen LogP contribution in [0.3, 0.4) is 0 Å². The van der Waals surface area contributed by atoms with Gasteiger partial charge in [0, 0.05) is 32.7 Å². The van der Waals surface area contributed by atoms with Gasteiger partial charge in [0.1, 0.15) is 11.6 Å². The number of aliphatic hydroxyl groups excluding tert-OH is 1. The number of hydrogen-bond acceptors (Lipinski definition) is 4. The van der Waals surface area contributed by atoms with Crippen LogP contribution in [0, 0.1) is 11.7 Å². The predicted molar refractivity (Wildman–Crippen MR) is 110 cm³/mol. The van der Waals surface area contributed by atoms with Crippen molar-refractivity contribution in [3.63, 3.8) is 0 Å². The molecule has 1 atom stereocenters. The maximum absolute atomic E-state index is 13.0. The summed E-state index contributed by atoms with van der Waals surface area (Å²) >= 11 is 0. The van der Waals surface area contributed by atoms with Gasteiger partial charge in [-0.25, -0.2) is 9.18 Å². The second kappa shape index (κ2) is 9.84. The van der Waals surface area contributed by atoms with E-state index in [9.17, 15) is 14.3 Å². The Hall–Kier alpha value is -2.45. The van der Waals surface area contributed by atoms with E-state index in [0.717, 1.165) is 43.7 Å². The molecular formula is C21H30FN5O2. The smallest absolute Gasteiger partial charge is 0.320 e. The lowest BCUT2D eigenvalue weighted by molar-refractivity contribution is 0.0917. The predicted octanol–water partition coefficient (Wildman–Crippen LogP) is 2.17. The lowest BCUT2D eigenvalue weighted by Crippen LogP contribution is -2.50. The molecule has 3 N–H and O–H groups in total. The number of hydrogen-bond donors (Lipinski definition) is 3. The van der Waals surface area contributed by atoms with Crippen molar-refractivity contribution in [3.8, 4) is 0 Å². The average Bonchev–Trinajstić information content (AvgIpc) is 3.03. The van der Waals surface area contributed by atoms with Crippen molar-refractivity contribution in [1.82, 2.24) is 20.0 Å². The normalized spacial score (nSPS) is 15.7. The number of amides is 2. The fraction of sp³-hybridized carbons (Fsp3) is 0.524. The second-order valence-corrected chi connectivity index (χ2v) is 7.72. The van der Waals surface area contributed by atoms with Gasteiger partial charge in [-0.1, -0.05) is 19.1 Å². The van der Waals surface area contributed by atoms with E-state index in [1.54, 1.807) is 11.7 Å². The van der Waals surface area contributed by atoms with Crippen molar-refractivity contribution < 1.29 is 14.3 Å². The number of benzene rings is 1. The molecule has 29 heavy (non-hydrogen) atoms. The number of nitrogens with zero attached hydrogens (tertiary/aromatic N) is 3. The Morgan fingerprint density at radius 1 is 1.34 bits per heavy atom. The van der Waals surface area contributed by atoms with Crippen LogP contribution >= 0.6 is 0 Å². The third kappa shape index (κ3) is 6.01. The topological polar surface area (TPSA) is 82.4 Å². The first kappa shape index (κ1) is 21.3. The highest BCUT2D eigenvalue weighted by atomic mass is 19.1. The van der Waals surface area contributed by atoms with Crippen LogP contribution < -0.4 is 10.6 Å². The number of aryl methyl sites for hydroxylation is 2. The number of carbonyl (C=O) groups excluding carboxylic acids is 1. The first-order valence-electron chi connectivity index (χ1n) is 10.1. The monoisotopic (exact) mass is 403 g/mol. The summed E-state index contributed by atoms with van der Waals surface area (Å²) in [5, 5.41) is 19.5. The van der Waals surface area contributed by atoms with E-state index in [1.165, 1.54) is 12.1 Å². The van der Waals surface area contributed by atoms with Gasteiger partial charge in [0.25, 0.3) is 0 Å². The van der Waals surface area contributed by atoms with Crippen LogP contribution in [-0.4, -0.2) is 58.1 Å². The van der Waals surface area contributed by atoms with E-state index in [0.29, 0.717) is 18.2 Å². The Balaban J connectivity index is 1.36. The molecule has 0 aliphatic carbocycles. The SMILES string of the molecule is CCc1cc(NC(=O)N[C@H](CO)CCN2CC(Cc3ccc(F)cc3)C2)n(C)n1. The number of carbonyl (C=O) groups is 1. The third-order valence-corrected chi connectivity index (χ3v) is 5.35. The van der Waals surface area contributed by atoms with E-state index >= 15 is 0 Å². The zero-order chi connectivity index (χ0) is 20.8. The van der Waals surface area contributed by atoms with Crippen molar-refractivity contribution >= 4 is 11.8 Å². The third-order valence-electron chi connectivity index (χ3n) is 5.35. The standard InChI is InChI=1S/C21H30FN5O2/c1-3-18-11-20(26(2)25-18)24-21(29)23-19(14-28)8-9-27-12-16(13-27)10-15-4-6-17(22)7-5-15/h4-7,11,16,19,28H,3,8-10,12-14H2,1-2H3,(H2,23,24,29)/t19-/m0/s1. The fourth-order valence-electron chi connectivity index (χ4n) is 3.64. The maximum Gasteiger partial charge on any atom is 0.320 e. The number of aromatic nitrogens is 2. The minimum absolute atomic E-state index is 0.105. The van der Waals surface area contributed by atoms with Crippen LogP contribution in [0.5, 0.6) is 0 Å². The van der Waals surface area contributed by atoms with Gasteiger partial charge in [-0.3, -0.25) is 10.00 Å². The Bertz CT molecular complexity index is 802. The zero-order valence-corrected chi connectivity index (χ0v) is 17.1. The van der Waals surface area contributed by atoms with Gasteiger partial charge in [0.15, 0.2) is 0 Å². The summed E-state index contributed by atoms with van der Waals surface area (Å²) in [6, 6.07) is 7.89. The van der Waals surface area contributed by atoms with E-state index in [2.05, 4.69) is 20.6 Å². The van der Waals surface area contributed by atoms with Gasteiger partial charge in [0.2, 0.25) is 0 Å². The van der Waals surface area contributed by atoms with Gasteiger partial charge in [0.05, 0.1) is 18.3 Å². The van der Waals surface area contributed by atoms with E-state index in [1.807, 2.05) is 25.1 Å². The minimum atomic E-state index is -0.340. The molecule has 2 aromatic rings. The van der Waals surface area contributed by atoms with Crippen LogP contribution in [0.25, 0.3) is 0 Å². The van der Waals surface area contributed by atoms with Crippen LogP contribution in [0.4, 0.5) is 15.0 Å². The highest BCUT2D eigenvalue weighted by molar-refractivity contribution is 5.88. The van der Waals surface area contributed by atoms with Crippen molar-refractivity contribution in [2.75, 3.05) is 31.6 Å². The van der Waals surface area contributed by atoms with Gasteiger partial charge in [-0.2, -0.15) is 5.10 Å². The molecule has 8 heteroatoms. The largest absolute Gasteiger partial charge is 0.394 e. The van der Waals surface area contributed by atoms with Crippen LogP contribution in [0.2, 0.25) is 0 Å². The van der Waals surface area contributed by atoms with E-state index in [-0.39, 0.29) is 24.5 Å². The molecule has 1 fully saturated rings. The molecule has 1 aliphatic heterocycles. The summed E-state index contributed by atoms with van der Waals surface area (Å²) in [6.07, 6.45) is 2.43. The summed E-state index contributed by atoms with van der Waals surface area (Å²) < 4.78 is 14.6. The Morgan fingerprint density at radius 3 is 2.69 bits per heavy atom. The molecular weight excluding hydrogens is 373 g/mol. The fourth-order valence-corrected chi connectivity index (χ4v) is 3.64. The molecule has 1 saturated heterocycles. The van der Waals surface area contributed by atoms with E-state index < -0.39 is 0 Å². The first-order chi connectivity index (χ1) is 14.0. The lowest BCUT2D eigenvalue weighted by atomic mass is 9.92. The van der Waals surface area contributed by atoms with Gasteiger partial charge in [-0.05, 0) is 42.9 Å². The number of nitrogens with one attached hydrogen (secondary N) is 2.